The quantitative estimate of drug-likeness (QED) is 0.153. The van der Waals surface area contributed by atoms with Crippen LogP contribution in [0.2, 0.25) is 0 Å². The highest BCUT2D eigenvalue weighted by molar-refractivity contribution is 14.0. The maximum Gasteiger partial charge on any atom is 0.213 e. The minimum Gasteiger partial charge on any atom is -0.467 e. The number of ether oxygens (including phenoxy) is 1. The lowest BCUT2D eigenvalue weighted by atomic mass is 10.2. The van der Waals surface area contributed by atoms with Crippen LogP contribution in [-0.2, 0) is 27.9 Å². The molecule has 0 unspecified atom stereocenters. The van der Waals surface area contributed by atoms with Gasteiger partial charge < -0.3 is 19.8 Å². The van der Waals surface area contributed by atoms with Gasteiger partial charge in [0, 0.05) is 32.8 Å². The second kappa shape index (κ2) is 15.2. The van der Waals surface area contributed by atoms with Gasteiger partial charge in [-0.3, -0.25) is 4.99 Å². The van der Waals surface area contributed by atoms with E-state index in [0.29, 0.717) is 32.3 Å². The Kier molecular flexibility index (Phi) is 13.4. The largest absolute Gasteiger partial charge is 0.467 e. The van der Waals surface area contributed by atoms with Crippen molar-refractivity contribution in [3.8, 4) is 0 Å². The molecule has 30 heavy (non-hydrogen) atoms. The molecule has 10 heteroatoms. The van der Waals surface area contributed by atoms with E-state index >= 15 is 0 Å². The summed E-state index contributed by atoms with van der Waals surface area (Å²) in [6.07, 6.45) is 2.38. The first kappa shape index (κ1) is 26.4. The lowest BCUT2D eigenvalue weighted by Crippen LogP contribution is -2.41. The number of guanidine groups is 1. The first-order valence-electron chi connectivity index (χ1n) is 9.72. The van der Waals surface area contributed by atoms with E-state index in [1.807, 2.05) is 49.4 Å². The number of nitrogens with zero attached hydrogens (tertiary/aromatic N) is 1. The van der Waals surface area contributed by atoms with Crippen LogP contribution in [0.4, 0.5) is 0 Å². The molecule has 8 nitrogen and oxygen atoms in total. The number of hydrogen-bond donors (Lipinski definition) is 3. The Balaban J connectivity index is 0.00000450. The molecule has 2 aromatic rings. The Labute approximate surface area is 195 Å². The highest BCUT2D eigenvalue weighted by Crippen LogP contribution is 2.02. The van der Waals surface area contributed by atoms with Crippen molar-refractivity contribution in [3.63, 3.8) is 0 Å². The van der Waals surface area contributed by atoms with Crippen molar-refractivity contribution < 1.29 is 17.6 Å². The molecule has 0 saturated heterocycles. The van der Waals surface area contributed by atoms with Crippen LogP contribution in [0, 0.1) is 0 Å². The molecular weight excluding hydrogens is 519 g/mol. The molecule has 0 amide bonds. The molecule has 0 atom stereocenters. The molecule has 0 bridgehead atoms. The second-order valence-electron chi connectivity index (χ2n) is 6.30. The minimum atomic E-state index is -3.37. The number of halogens is 1. The first-order valence-corrected chi connectivity index (χ1v) is 11.4. The molecular formula is C20H31IN4O4S. The van der Waals surface area contributed by atoms with Crippen LogP contribution in [0.5, 0.6) is 0 Å². The van der Waals surface area contributed by atoms with Crippen LogP contribution >= 0.6 is 24.0 Å². The van der Waals surface area contributed by atoms with E-state index in [1.165, 1.54) is 0 Å². The van der Waals surface area contributed by atoms with Crippen LogP contribution < -0.4 is 15.4 Å². The topological polar surface area (TPSA) is 105 Å². The molecule has 0 spiro atoms. The number of nitrogens with one attached hydrogen (secondary N) is 3. The number of hydrogen-bond acceptors (Lipinski definition) is 5. The summed E-state index contributed by atoms with van der Waals surface area (Å²) >= 11 is 0. The predicted octanol–water partition coefficient (Wildman–Crippen LogP) is 2.48. The first-order chi connectivity index (χ1) is 14.1. The van der Waals surface area contributed by atoms with Gasteiger partial charge in [-0.05, 0) is 31.0 Å². The Morgan fingerprint density at radius 3 is 2.63 bits per heavy atom. The molecule has 0 aliphatic carbocycles. The third-order valence-corrected chi connectivity index (χ3v) is 5.21. The summed E-state index contributed by atoms with van der Waals surface area (Å²) in [6, 6.07) is 13.1. The van der Waals surface area contributed by atoms with Crippen molar-refractivity contribution in [1.29, 1.82) is 0 Å². The number of benzene rings is 1. The highest BCUT2D eigenvalue weighted by Gasteiger charge is 2.10. The van der Waals surface area contributed by atoms with Gasteiger partial charge in [0.1, 0.15) is 12.4 Å². The molecule has 0 aliphatic heterocycles. The standard InChI is InChI=1S/C20H30N4O4S.HI/c1-2-21-20(22-11-7-13-27-17-19-10-6-14-28-19)23-12-15-29(25,26)24-16-18-8-4-3-5-9-18;/h3-6,8-10,14,24H,2,7,11-13,15-17H2,1H3,(H2,21,22,23);1H. The smallest absolute Gasteiger partial charge is 0.213 e. The number of aliphatic imine (C=N–C) groups is 1. The zero-order chi connectivity index (χ0) is 20.8. The van der Waals surface area contributed by atoms with Crippen molar-refractivity contribution >= 4 is 40.0 Å². The number of furan rings is 1. The van der Waals surface area contributed by atoms with Gasteiger partial charge in [0.25, 0.3) is 0 Å². The van der Waals surface area contributed by atoms with Crippen molar-refractivity contribution in [1.82, 2.24) is 15.4 Å². The molecule has 0 saturated carbocycles. The summed E-state index contributed by atoms with van der Waals surface area (Å²) in [5.41, 5.74) is 0.924. The second-order valence-corrected chi connectivity index (χ2v) is 8.22. The molecule has 3 N–H and O–H groups in total. The fourth-order valence-electron chi connectivity index (χ4n) is 2.43. The van der Waals surface area contributed by atoms with Gasteiger partial charge in [-0.15, -0.1) is 24.0 Å². The van der Waals surface area contributed by atoms with Crippen molar-refractivity contribution in [2.24, 2.45) is 4.99 Å². The predicted molar refractivity (Wildman–Crippen MR) is 129 cm³/mol. The van der Waals surface area contributed by atoms with Crippen molar-refractivity contribution in [2.75, 3.05) is 32.0 Å². The molecule has 2 rings (SSSR count). The average Bonchev–Trinajstić information content (AvgIpc) is 3.23. The average molecular weight is 550 g/mol. The fraction of sp³-hybridized carbons (Fsp3) is 0.450. The third kappa shape index (κ3) is 11.5. The number of sulfonamides is 1. The molecule has 0 aliphatic rings. The Bertz CT molecular complexity index is 815. The summed E-state index contributed by atoms with van der Waals surface area (Å²) in [7, 11) is -3.37. The lowest BCUT2D eigenvalue weighted by molar-refractivity contribution is 0.105. The van der Waals surface area contributed by atoms with Crippen molar-refractivity contribution in [3.05, 3.63) is 60.1 Å². The number of rotatable bonds is 13. The van der Waals surface area contributed by atoms with Gasteiger partial charge in [0.2, 0.25) is 10.0 Å². The van der Waals surface area contributed by atoms with Gasteiger partial charge in [-0.1, -0.05) is 30.3 Å². The van der Waals surface area contributed by atoms with E-state index in [-0.39, 0.29) is 42.8 Å². The fourth-order valence-corrected chi connectivity index (χ4v) is 3.33. The molecule has 1 aromatic carbocycles. The Morgan fingerprint density at radius 1 is 1.13 bits per heavy atom. The maximum absolute atomic E-state index is 12.1. The van der Waals surface area contributed by atoms with E-state index in [0.717, 1.165) is 17.7 Å². The van der Waals surface area contributed by atoms with Gasteiger partial charge in [-0.25, -0.2) is 13.1 Å². The van der Waals surface area contributed by atoms with Gasteiger partial charge in [0.05, 0.1) is 12.0 Å². The van der Waals surface area contributed by atoms with E-state index in [9.17, 15) is 8.42 Å². The summed E-state index contributed by atoms with van der Waals surface area (Å²) in [4.78, 5) is 4.44. The zero-order valence-electron chi connectivity index (χ0n) is 17.2. The molecule has 1 heterocycles. The van der Waals surface area contributed by atoms with Gasteiger partial charge in [-0.2, -0.15) is 0 Å². The summed E-state index contributed by atoms with van der Waals surface area (Å²) in [5.74, 6) is 1.36. The normalized spacial score (nSPS) is 11.7. The Hall–Kier alpha value is -1.63. The summed E-state index contributed by atoms with van der Waals surface area (Å²) < 4.78 is 37.6. The molecule has 1 aromatic heterocycles. The van der Waals surface area contributed by atoms with Crippen LogP contribution in [-0.4, -0.2) is 46.4 Å². The SMILES string of the molecule is CCNC(=NCCCOCc1ccco1)NCCS(=O)(=O)NCc1ccccc1.I. The maximum atomic E-state index is 12.1. The van der Waals surface area contributed by atoms with Gasteiger partial charge in [0.15, 0.2) is 5.96 Å². The highest BCUT2D eigenvalue weighted by atomic mass is 127. The van der Waals surface area contributed by atoms with Crippen LogP contribution in [0.3, 0.4) is 0 Å². The minimum absolute atomic E-state index is 0. The van der Waals surface area contributed by atoms with E-state index in [4.69, 9.17) is 9.15 Å². The van der Waals surface area contributed by atoms with Crippen molar-refractivity contribution in [2.45, 2.75) is 26.5 Å². The molecule has 0 radical (unpaired) electrons. The zero-order valence-corrected chi connectivity index (χ0v) is 20.3. The van der Waals surface area contributed by atoms with Gasteiger partial charge >= 0.3 is 0 Å². The Morgan fingerprint density at radius 2 is 1.93 bits per heavy atom. The lowest BCUT2D eigenvalue weighted by Gasteiger charge is -2.12. The van der Waals surface area contributed by atoms with Crippen LogP contribution in [0.15, 0.2) is 58.1 Å². The summed E-state index contributed by atoms with van der Waals surface area (Å²) in [6.45, 7) is 4.80. The van der Waals surface area contributed by atoms with E-state index < -0.39 is 10.0 Å². The summed E-state index contributed by atoms with van der Waals surface area (Å²) in [5, 5.41) is 6.16. The monoisotopic (exact) mass is 550 g/mol. The molecule has 168 valence electrons. The van der Waals surface area contributed by atoms with Crippen LogP contribution in [0.1, 0.15) is 24.7 Å². The van der Waals surface area contributed by atoms with Crippen LogP contribution in [0.25, 0.3) is 0 Å². The van der Waals surface area contributed by atoms with E-state index in [2.05, 4.69) is 20.3 Å². The molecule has 0 fully saturated rings. The third-order valence-electron chi connectivity index (χ3n) is 3.89. The van der Waals surface area contributed by atoms with E-state index in [1.54, 1.807) is 6.26 Å².